The van der Waals surface area contributed by atoms with Crippen LogP contribution in [0.2, 0.25) is 0 Å². The van der Waals surface area contributed by atoms with Gasteiger partial charge in [-0.3, -0.25) is 4.79 Å². The Kier molecular flexibility index (Phi) is 4.98. The molecular formula is C15H16N2O4. The van der Waals surface area contributed by atoms with Crippen LogP contribution in [0.3, 0.4) is 0 Å². The van der Waals surface area contributed by atoms with Crippen molar-refractivity contribution in [2.45, 2.75) is 19.4 Å². The molecule has 0 atom stereocenters. The molecule has 110 valence electrons. The molecule has 0 fully saturated rings. The first kappa shape index (κ1) is 14.6. The normalized spacial score (nSPS) is 10.1. The van der Waals surface area contributed by atoms with Crippen LogP contribution in [0.5, 0.6) is 0 Å². The van der Waals surface area contributed by atoms with Gasteiger partial charge in [0.1, 0.15) is 5.76 Å². The second-order valence-electron chi connectivity index (χ2n) is 4.48. The zero-order valence-electron chi connectivity index (χ0n) is 11.3. The number of benzene rings is 1. The van der Waals surface area contributed by atoms with Gasteiger partial charge in [-0.25, -0.2) is 4.79 Å². The van der Waals surface area contributed by atoms with Crippen LogP contribution in [0, 0.1) is 0 Å². The molecule has 0 saturated carbocycles. The summed E-state index contributed by atoms with van der Waals surface area (Å²) in [6.07, 6.45) is 2.04. The summed E-state index contributed by atoms with van der Waals surface area (Å²) in [4.78, 5) is 22.3. The van der Waals surface area contributed by atoms with Gasteiger partial charge in [0.05, 0.1) is 12.8 Å². The topological polar surface area (TPSA) is 91.6 Å². The molecule has 21 heavy (non-hydrogen) atoms. The van der Waals surface area contributed by atoms with Crippen LogP contribution in [-0.4, -0.2) is 17.1 Å². The number of nitrogens with one attached hydrogen (secondary N) is 2. The number of hydrogen-bond acceptors (Lipinski definition) is 3. The Labute approximate surface area is 121 Å². The minimum absolute atomic E-state index is 0.0636. The standard InChI is InChI=1S/C15H16N2O4/c18-14(19)7-6-11-3-1-4-12(9-11)17-15(20)16-10-13-5-2-8-21-13/h1-5,8-9H,6-7,10H2,(H,18,19)(H2,16,17,20). The molecule has 1 aromatic heterocycles. The van der Waals surface area contributed by atoms with Gasteiger partial charge in [-0.05, 0) is 36.2 Å². The van der Waals surface area contributed by atoms with Gasteiger partial charge in [0.2, 0.25) is 0 Å². The maximum absolute atomic E-state index is 11.7. The zero-order valence-corrected chi connectivity index (χ0v) is 11.3. The number of amides is 2. The van der Waals surface area contributed by atoms with E-state index in [-0.39, 0.29) is 12.5 Å². The minimum atomic E-state index is -0.843. The third-order valence-corrected chi connectivity index (χ3v) is 2.82. The van der Waals surface area contributed by atoms with Gasteiger partial charge in [-0.1, -0.05) is 12.1 Å². The Bertz CT molecular complexity index is 608. The number of carbonyl (C=O) groups excluding carboxylic acids is 1. The van der Waals surface area contributed by atoms with Gasteiger partial charge in [-0.15, -0.1) is 0 Å². The fourth-order valence-corrected chi connectivity index (χ4v) is 1.81. The lowest BCUT2D eigenvalue weighted by Crippen LogP contribution is -2.28. The van der Waals surface area contributed by atoms with Crippen LogP contribution in [0.1, 0.15) is 17.7 Å². The van der Waals surface area contributed by atoms with Gasteiger partial charge < -0.3 is 20.2 Å². The van der Waals surface area contributed by atoms with Gasteiger partial charge in [0.15, 0.2) is 0 Å². The molecule has 1 heterocycles. The van der Waals surface area contributed by atoms with E-state index in [9.17, 15) is 9.59 Å². The first-order valence-corrected chi connectivity index (χ1v) is 6.51. The summed E-state index contributed by atoms with van der Waals surface area (Å²) in [5.74, 6) is -0.176. The van der Waals surface area contributed by atoms with Crippen molar-refractivity contribution >= 4 is 17.7 Å². The van der Waals surface area contributed by atoms with Crippen molar-refractivity contribution in [3.8, 4) is 0 Å². The second kappa shape index (κ2) is 7.14. The Morgan fingerprint density at radius 1 is 1.19 bits per heavy atom. The molecule has 2 rings (SSSR count). The summed E-state index contributed by atoms with van der Waals surface area (Å²) >= 11 is 0. The number of anilines is 1. The molecule has 0 aliphatic rings. The number of carboxylic acids is 1. The number of aliphatic carboxylic acids is 1. The molecule has 6 heteroatoms. The van der Waals surface area contributed by atoms with Crippen LogP contribution in [-0.2, 0) is 17.8 Å². The predicted octanol–water partition coefficient (Wildman–Crippen LogP) is 2.62. The summed E-state index contributed by atoms with van der Waals surface area (Å²) in [5, 5.41) is 14.0. The molecule has 0 spiro atoms. The molecule has 0 unspecified atom stereocenters. The molecular weight excluding hydrogens is 272 g/mol. The maximum atomic E-state index is 11.7. The van der Waals surface area contributed by atoms with Gasteiger partial charge in [-0.2, -0.15) is 0 Å². The highest BCUT2D eigenvalue weighted by atomic mass is 16.4. The van der Waals surface area contributed by atoms with E-state index in [2.05, 4.69) is 10.6 Å². The lowest BCUT2D eigenvalue weighted by atomic mass is 10.1. The highest BCUT2D eigenvalue weighted by Gasteiger charge is 2.04. The van der Waals surface area contributed by atoms with E-state index in [1.807, 2.05) is 6.07 Å². The second-order valence-corrected chi connectivity index (χ2v) is 4.48. The van der Waals surface area contributed by atoms with Crippen LogP contribution in [0.4, 0.5) is 10.5 Å². The summed E-state index contributed by atoms with van der Waals surface area (Å²) in [6.45, 7) is 0.303. The summed E-state index contributed by atoms with van der Waals surface area (Å²) < 4.78 is 5.11. The van der Waals surface area contributed by atoms with E-state index in [1.54, 1.807) is 36.6 Å². The molecule has 2 amide bonds. The maximum Gasteiger partial charge on any atom is 0.319 e. The molecule has 6 nitrogen and oxygen atoms in total. The highest BCUT2D eigenvalue weighted by molar-refractivity contribution is 5.89. The molecule has 0 saturated heterocycles. The molecule has 1 aromatic carbocycles. The van der Waals surface area contributed by atoms with Crippen molar-refractivity contribution in [3.63, 3.8) is 0 Å². The Hall–Kier alpha value is -2.76. The molecule has 0 aliphatic carbocycles. The van der Waals surface area contributed by atoms with E-state index >= 15 is 0 Å². The Morgan fingerprint density at radius 2 is 2.05 bits per heavy atom. The number of carboxylic acid groups (broad SMARTS) is 1. The fourth-order valence-electron chi connectivity index (χ4n) is 1.81. The lowest BCUT2D eigenvalue weighted by molar-refractivity contribution is -0.136. The smallest absolute Gasteiger partial charge is 0.319 e. The van der Waals surface area contributed by atoms with E-state index in [0.717, 1.165) is 5.56 Å². The average Bonchev–Trinajstić information content (AvgIpc) is 2.97. The number of urea groups is 1. The molecule has 0 aliphatic heterocycles. The Balaban J connectivity index is 1.85. The van der Waals surface area contributed by atoms with Crippen molar-refractivity contribution in [1.29, 1.82) is 0 Å². The zero-order chi connectivity index (χ0) is 15.1. The van der Waals surface area contributed by atoms with Crippen molar-refractivity contribution in [2.24, 2.45) is 0 Å². The number of furan rings is 1. The number of hydrogen-bond donors (Lipinski definition) is 3. The third-order valence-electron chi connectivity index (χ3n) is 2.82. The van der Waals surface area contributed by atoms with E-state index in [4.69, 9.17) is 9.52 Å². The van der Waals surface area contributed by atoms with Crippen molar-refractivity contribution < 1.29 is 19.1 Å². The first-order valence-electron chi connectivity index (χ1n) is 6.51. The molecule has 2 aromatic rings. The third kappa shape index (κ3) is 5.02. The van der Waals surface area contributed by atoms with Crippen molar-refractivity contribution in [3.05, 3.63) is 54.0 Å². The van der Waals surface area contributed by atoms with Crippen LogP contribution in [0.15, 0.2) is 47.1 Å². The van der Waals surface area contributed by atoms with Gasteiger partial charge in [0.25, 0.3) is 0 Å². The fraction of sp³-hybridized carbons (Fsp3) is 0.200. The van der Waals surface area contributed by atoms with E-state index in [0.29, 0.717) is 24.4 Å². The van der Waals surface area contributed by atoms with Gasteiger partial charge >= 0.3 is 12.0 Å². The molecule has 0 bridgehead atoms. The van der Waals surface area contributed by atoms with Crippen LogP contribution < -0.4 is 10.6 Å². The average molecular weight is 288 g/mol. The van der Waals surface area contributed by atoms with Crippen LogP contribution >= 0.6 is 0 Å². The monoisotopic (exact) mass is 288 g/mol. The molecule has 3 N–H and O–H groups in total. The summed E-state index contributed by atoms with van der Waals surface area (Å²) in [5.41, 5.74) is 1.48. The lowest BCUT2D eigenvalue weighted by Gasteiger charge is -2.08. The van der Waals surface area contributed by atoms with E-state index < -0.39 is 5.97 Å². The van der Waals surface area contributed by atoms with E-state index in [1.165, 1.54) is 0 Å². The molecule has 0 radical (unpaired) electrons. The largest absolute Gasteiger partial charge is 0.481 e. The van der Waals surface area contributed by atoms with Crippen molar-refractivity contribution in [2.75, 3.05) is 5.32 Å². The summed E-state index contributed by atoms with van der Waals surface area (Å²) in [6, 6.07) is 10.3. The Morgan fingerprint density at radius 3 is 2.76 bits per heavy atom. The number of carbonyl (C=O) groups is 2. The number of aryl methyl sites for hydroxylation is 1. The summed E-state index contributed by atoms with van der Waals surface area (Å²) in [7, 11) is 0. The van der Waals surface area contributed by atoms with Crippen LogP contribution in [0.25, 0.3) is 0 Å². The minimum Gasteiger partial charge on any atom is -0.481 e. The SMILES string of the molecule is O=C(O)CCc1cccc(NC(=O)NCc2ccco2)c1. The van der Waals surface area contributed by atoms with Gasteiger partial charge in [0, 0.05) is 12.1 Å². The van der Waals surface area contributed by atoms with Crippen molar-refractivity contribution in [1.82, 2.24) is 5.32 Å². The quantitative estimate of drug-likeness (QED) is 0.762. The number of rotatable bonds is 6. The first-order chi connectivity index (χ1) is 10.1. The predicted molar refractivity (Wildman–Crippen MR) is 77.0 cm³/mol. The highest BCUT2D eigenvalue weighted by Crippen LogP contribution is 2.12.